The molecule has 0 aromatic heterocycles. The molecule has 1 aliphatic rings. The Morgan fingerprint density at radius 3 is 2.46 bits per heavy atom. The number of amidine groups is 1. The van der Waals surface area contributed by atoms with Gasteiger partial charge in [0.15, 0.2) is 5.17 Å². The van der Waals surface area contributed by atoms with Crippen molar-refractivity contribution in [3.63, 3.8) is 0 Å². The van der Waals surface area contributed by atoms with E-state index in [9.17, 15) is 13.2 Å². The van der Waals surface area contributed by atoms with E-state index in [-0.39, 0.29) is 21.7 Å². The Morgan fingerprint density at radius 2 is 1.85 bits per heavy atom. The molecule has 0 spiro atoms. The molecule has 134 valence electrons. The Bertz CT molecular complexity index is 998. The van der Waals surface area contributed by atoms with Crippen LogP contribution in [0.15, 0.2) is 58.3 Å². The van der Waals surface area contributed by atoms with E-state index in [1.165, 1.54) is 43.5 Å². The van der Waals surface area contributed by atoms with Crippen LogP contribution in [-0.4, -0.2) is 26.6 Å². The van der Waals surface area contributed by atoms with Crippen LogP contribution in [0.5, 0.6) is 11.5 Å². The molecule has 3 rings (SSSR count). The highest BCUT2D eigenvalue weighted by Crippen LogP contribution is 2.27. The molecule has 2 aromatic rings. The highest BCUT2D eigenvalue weighted by Gasteiger charge is 2.22. The van der Waals surface area contributed by atoms with Crippen LogP contribution in [0.4, 0.5) is 0 Å². The molecule has 9 heteroatoms. The molecule has 26 heavy (non-hydrogen) atoms. The molecule has 0 radical (unpaired) electrons. The van der Waals surface area contributed by atoms with Gasteiger partial charge in [-0.2, -0.15) is 8.42 Å². The van der Waals surface area contributed by atoms with Gasteiger partial charge < -0.3 is 14.2 Å². The molecule has 0 saturated carbocycles. The molecular formula is C17H14N2O5S2. The number of hydrogen-bond donors (Lipinski definition) is 2. The molecule has 7 nitrogen and oxygen atoms in total. The van der Waals surface area contributed by atoms with E-state index < -0.39 is 10.1 Å². The minimum atomic E-state index is -4.00. The average molecular weight is 390 g/mol. The van der Waals surface area contributed by atoms with Gasteiger partial charge >= 0.3 is 10.1 Å². The Labute approximate surface area is 154 Å². The van der Waals surface area contributed by atoms with Crippen LogP contribution in [0.2, 0.25) is 0 Å². The van der Waals surface area contributed by atoms with Crippen molar-refractivity contribution in [3.8, 4) is 11.5 Å². The number of benzene rings is 2. The maximum absolute atomic E-state index is 12.4. The van der Waals surface area contributed by atoms with Crippen LogP contribution in [-0.2, 0) is 14.9 Å². The third-order valence-electron chi connectivity index (χ3n) is 3.37. The van der Waals surface area contributed by atoms with E-state index in [2.05, 4.69) is 5.32 Å². The highest BCUT2D eigenvalue weighted by molar-refractivity contribution is 8.18. The lowest BCUT2D eigenvalue weighted by molar-refractivity contribution is -0.115. The van der Waals surface area contributed by atoms with Crippen molar-refractivity contribution in [2.75, 3.05) is 7.11 Å². The summed E-state index contributed by atoms with van der Waals surface area (Å²) >= 11 is 1.00. The zero-order valence-corrected chi connectivity index (χ0v) is 15.2. The van der Waals surface area contributed by atoms with Crippen molar-refractivity contribution in [1.82, 2.24) is 5.32 Å². The van der Waals surface area contributed by atoms with Gasteiger partial charge in [0, 0.05) is 0 Å². The SMILES string of the molecule is COc1ccc(S(=O)(=O)Oc2cccc(/C=C3\SC(=N)NC3=O)c2)cc1. The van der Waals surface area contributed by atoms with Crippen molar-refractivity contribution < 1.29 is 22.1 Å². The smallest absolute Gasteiger partial charge is 0.339 e. The number of carbonyl (C=O) groups excluding carboxylic acids is 1. The predicted octanol–water partition coefficient (Wildman–Crippen LogP) is 2.60. The van der Waals surface area contributed by atoms with Crippen LogP contribution < -0.4 is 14.2 Å². The maximum atomic E-state index is 12.4. The summed E-state index contributed by atoms with van der Waals surface area (Å²) in [7, 11) is -2.51. The van der Waals surface area contributed by atoms with Crippen molar-refractivity contribution in [1.29, 1.82) is 5.41 Å². The van der Waals surface area contributed by atoms with Gasteiger partial charge in [-0.1, -0.05) is 12.1 Å². The lowest BCUT2D eigenvalue weighted by Gasteiger charge is -2.08. The van der Waals surface area contributed by atoms with Gasteiger partial charge in [0.05, 0.1) is 12.0 Å². The third-order valence-corrected chi connectivity index (χ3v) is 5.46. The fourth-order valence-electron chi connectivity index (χ4n) is 2.17. The molecule has 2 aromatic carbocycles. The molecule has 0 bridgehead atoms. The summed E-state index contributed by atoms with van der Waals surface area (Å²) in [4.78, 5) is 12.0. The van der Waals surface area contributed by atoms with Crippen LogP contribution in [0.1, 0.15) is 5.56 Å². The number of methoxy groups -OCH3 is 1. The summed E-state index contributed by atoms with van der Waals surface area (Å²) in [6.07, 6.45) is 1.56. The average Bonchev–Trinajstić information content (AvgIpc) is 2.92. The minimum absolute atomic E-state index is 0.00114. The standard InChI is InChI=1S/C17H14N2O5S2/c1-23-12-5-7-14(8-6-12)26(21,22)24-13-4-2-3-11(9-13)10-15-16(20)19-17(18)25-15/h2-10H,1H3,(H2,18,19,20)/b15-10-. The summed E-state index contributed by atoms with van der Waals surface area (Å²) in [5.41, 5.74) is 0.583. The van der Waals surface area contributed by atoms with E-state index in [0.29, 0.717) is 16.2 Å². The molecule has 2 N–H and O–H groups in total. The lowest BCUT2D eigenvalue weighted by atomic mass is 10.2. The van der Waals surface area contributed by atoms with Gasteiger partial charge in [-0.05, 0) is 59.8 Å². The Morgan fingerprint density at radius 1 is 1.12 bits per heavy atom. The van der Waals surface area contributed by atoms with Gasteiger partial charge in [0.2, 0.25) is 0 Å². The summed E-state index contributed by atoms with van der Waals surface area (Å²) in [6, 6.07) is 12.2. The van der Waals surface area contributed by atoms with Crippen molar-refractivity contribution in [2.45, 2.75) is 4.90 Å². The van der Waals surface area contributed by atoms with Crippen LogP contribution in [0, 0.1) is 5.41 Å². The number of rotatable bonds is 5. The zero-order chi connectivity index (χ0) is 18.7. The topological polar surface area (TPSA) is 106 Å². The molecule has 0 aliphatic carbocycles. The van der Waals surface area contributed by atoms with Crippen molar-refractivity contribution in [3.05, 3.63) is 59.0 Å². The van der Waals surface area contributed by atoms with E-state index in [1.54, 1.807) is 18.2 Å². The Hall–Kier alpha value is -2.78. The fraction of sp³-hybridized carbons (Fsp3) is 0.0588. The molecule has 1 amide bonds. The molecule has 1 fully saturated rings. The first-order chi connectivity index (χ1) is 12.4. The lowest BCUT2D eigenvalue weighted by Crippen LogP contribution is -2.18. The first-order valence-electron chi connectivity index (χ1n) is 7.35. The number of amides is 1. The monoisotopic (exact) mass is 390 g/mol. The van der Waals surface area contributed by atoms with Crippen molar-refractivity contribution in [2.24, 2.45) is 0 Å². The van der Waals surface area contributed by atoms with Crippen molar-refractivity contribution >= 4 is 39.0 Å². The van der Waals surface area contributed by atoms with Gasteiger partial charge in [0.25, 0.3) is 5.91 Å². The van der Waals surface area contributed by atoms with Crippen LogP contribution in [0.3, 0.4) is 0 Å². The molecule has 1 aliphatic heterocycles. The maximum Gasteiger partial charge on any atom is 0.339 e. The Kier molecular flexibility index (Phi) is 5.01. The van der Waals surface area contributed by atoms with E-state index in [0.717, 1.165) is 11.8 Å². The number of thioether (sulfide) groups is 1. The Balaban J connectivity index is 1.83. The summed E-state index contributed by atoms with van der Waals surface area (Å²) in [6.45, 7) is 0. The first kappa shape index (κ1) is 18.0. The highest BCUT2D eigenvalue weighted by atomic mass is 32.2. The number of carbonyl (C=O) groups is 1. The molecule has 0 atom stereocenters. The summed E-state index contributed by atoms with van der Waals surface area (Å²) in [5.74, 6) is 0.293. The second-order valence-electron chi connectivity index (χ2n) is 5.18. The van der Waals surface area contributed by atoms with Gasteiger partial charge in [-0.25, -0.2) is 0 Å². The number of nitrogens with one attached hydrogen (secondary N) is 2. The van der Waals surface area contributed by atoms with E-state index in [4.69, 9.17) is 14.3 Å². The molecule has 1 saturated heterocycles. The molecule has 1 heterocycles. The molecule has 0 unspecified atom stereocenters. The minimum Gasteiger partial charge on any atom is -0.497 e. The first-order valence-corrected chi connectivity index (χ1v) is 9.58. The normalized spacial score (nSPS) is 15.8. The third kappa shape index (κ3) is 4.06. The second kappa shape index (κ2) is 7.22. The largest absolute Gasteiger partial charge is 0.497 e. The summed E-state index contributed by atoms with van der Waals surface area (Å²) in [5, 5.41) is 9.86. The van der Waals surface area contributed by atoms with E-state index >= 15 is 0 Å². The number of ether oxygens (including phenoxy) is 1. The molecular weight excluding hydrogens is 376 g/mol. The number of hydrogen-bond acceptors (Lipinski definition) is 7. The van der Waals surface area contributed by atoms with Gasteiger partial charge in [-0.15, -0.1) is 0 Å². The second-order valence-corrected chi connectivity index (χ2v) is 7.78. The van der Waals surface area contributed by atoms with Crippen LogP contribution >= 0.6 is 11.8 Å². The quantitative estimate of drug-likeness (QED) is 0.600. The predicted molar refractivity (Wildman–Crippen MR) is 98.7 cm³/mol. The van der Waals surface area contributed by atoms with Gasteiger partial charge in [0.1, 0.15) is 16.4 Å². The fourth-order valence-corrected chi connectivity index (χ4v) is 3.79. The van der Waals surface area contributed by atoms with E-state index in [1.807, 2.05) is 0 Å². The van der Waals surface area contributed by atoms with Gasteiger partial charge in [-0.3, -0.25) is 10.2 Å². The zero-order valence-electron chi connectivity index (χ0n) is 13.6. The summed E-state index contributed by atoms with van der Waals surface area (Å²) < 4.78 is 34.9. The van der Waals surface area contributed by atoms with Crippen LogP contribution in [0.25, 0.3) is 6.08 Å².